The molecule has 0 unspecified atom stereocenters. The first kappa shape index (κ1) is 31.1. The first-order valence-corrected chi connectivity index (χ1v) is 16.1. The fourth-order valence-corrected chi connectivity index (χ4v) is 7.33. The van der Waals surface area contributed by atoms with Gasteiger partial charge in [0.25, 0.3) is 11.1 Å². The number of hydrogen-bond donors (Lipinski definition) is 1. The Morgan fingerprint density at radius 3 is 1.45 bits per heavy atom. The summed E-state index contributed by atoms with van der Waals surface area (Å²) in [6.07, 6.45) is 5.93. The molecule has 0 amide bonds. The van der Waals surface area contributed by atoms with E-state index in [1.807, 2.05) is 0 Å². The van der Waals surface area contributed by atoms with E-state index < -0.39 is 11.6 Å². The maximum absolute atomic E-state index is 14.6. The van der Waals surface area contributed by atoms with Gasteiger partial charge in [0.1, 0.15) is 21.9 Å². The third-order valence-electron chi connectivity index (χ3n) is 8.43. The lowest BCUT2D eigenvalue weighted by Gasteiger charge is -2.20. The summed E-state index contributed by atoms with van der Waals surface area (Å²) in [6.45, 7) is 4.32. The molecule has 2 aromatic carbocycles. The van der Waals surface area contributed by atoms with Gasteiger partial charge in [-0.3, -0.25) is 19.0 Å². The van der Waals surface area contributed by atoms with Crippen molar-refractivity contribution < 1.29 is 8.78 Å². The fourth-order valence-electron chi connectivity index (χ4n) is 6.19. The molecule has 0 saturated carbocycles. The van der Waals surface area contributed by atoms with Gasteiger partial charge in [0.05, 0.1) is 32.5 Å². The minimum atomic E-state index is -0.605. The predicted molar refractivity (Wildman–Crippen MR) is 173 cm³/mol. The molecule has 3 aliphatic heterocycles. The van der Waals surface area contributed by atoms with Crippen molar-refractivity contribution in [3.8, 4) is 22.3 Å². The molecule has 1 fully saturated rings. The summed E-state index contributed by atoms with van der Waals surface area (Å²) in [7, 11) is 0. The van der Waals surface area contributed by atoms with E-state index >= 15 is 0 Å². The Morgan fingerprint density at radius 2 is 0.977 bits per heavy atom. The number of benzene rings is 2. The highest BCUT2D eigenvalue weighted by molar-refractivity contribution is 6.34. The SMILES string of the molecule is Nc1cc(-c2c(Cl)n3n(c2=O)CCCC3)c(F)cc1Cl.O=c1c(-c2cc(N3CCCC3)c(Cl)cc2F)c(Cl)n2n1CCCC2. The van der Waals surface area contributed by atoms with Crippen LogP contribution < -0.4 is 21.8 Å². The summed E-state index contributed by atoms with van der Waals surface area (Å²) < 4.78 is 35.3. The van der Waals surface area contributed by atoms with Gasteiger partial charge in [-0.25, -0.2) is 18.1 Å². The van der Waals surface area contributed by atoms with Crippen LogP contribution in [0.5, 0.6) is 0 Å². The smallest absolute Gasteiger partial charge is 0.276 e. The molecule has 1 saturated heterocycles. The van der Waals surface area contributed by atoms with Crippen LogP contribution in [0.1, 0.15) is 38.5 Å². The molecule has 5 heterocycles. The van der Waals surface area contributed by atoms with E-state index in [2.05, 4.69) is 4.90 Å². The number of fused-ring (bicyclic) bond motifs is 2. The first-order valence-electron chi connectivity index (χ1n) is 14.6. The maximum atomic E-state index is 14.6. The van der Waals surface area contributed by atoms with Crippen LogP contribution >= 0.6 is 46.4 Å². The van der Waals surface area contributed by atoms with Crippen LogP contribution in [0, 0.1) is 11.6 Å². The van der Waals surface area contributed by atoms with E-state index in [1.165, 1.54) is 12.1 Å². The monoisotopic (exact) mass is 684 g/mol. The Hall–Kier alpha value is -2.92. The molecule has 2 aromatic heterocycles. The molecule has 3 aliphatic rings. The highest BCUT2D eigenvalue weighted by Gasteiger charge is 2.27. The lowest BCUT2D eigenvalue weighted by Crippen LogP contribution is -2.27. The van der Waals surface area contributed by atoms with Gasteiger partial charge >= 0.3 is 0 Å². The number of halogens is 6. The van der Waals surface area contributed by atoms with E-state index in [0.29, 0.717) is 36.4 Å². The minimum absolute atomic E-state index is 0.0938. The van der Waals surface area contributed by atoms with E-state index in [0.717, 1.165) is 63.4 Å². The molecular weight excluding hydrogens is 656 g/mol. The van der Waals surface area contributed by atoms with Crippen LogP contribution in [-0.2, 0) is 26.2 Å². The predicted octanol–water partition coefficient (Wildman–Crippen LogP) is 7.30. The number of rotatable bonds is 3. The summed E-state index contributed by atoms with van der Waals surface area (Å²) in [4.78, 5) is 27.3. The maximum Gasteiger partial charge on any atom is 0.276 e. The summed E-state index contributed by atoms with van der Waals surface area (Å²) in [5, 5.41) is 1.05. The molecule has 0 radical (unpaired) electrons. The highest BCUT2D eigenvalue weighted by Crippen LogP contribution is 2.37. The molecule has 234 valence electrons. The van der Waals surface area contributed by atoms with Crippen molar-refractivity contribution in [1.29, 1.82) is 0 Å². The summed E-state index contributed by atoms with van der Waals surface area (Å²) in [6, 6.07) is 5.43. The second kappa shape index (κ2) is 12.5. The van der Waals surface area contributed by atoms with E-state index in [9.17, 15) is 18.4 Å². The molecule has 0 aliphatic carbocycles. The number of nitrogens with zero attached hydrogens (tertiary/aromatic N) is 5. The third kappa shape index (κ3) is 5.44. The lowest BCUT2D eigenvalue weighted by molar-refractivity contribution is 0.356. The van der Waals surface area contributed by atoms with Crippen molar-refractivity contribution in [3.05, 3.63) is 77.0 Å². The minimum Gasteiger partial charge on any atom is -0.398 e. The molecule has 0 spiro atoms. The fraction of sp³-hybridized carbons (Fsp3) is 0.400. The number of nitrogens with two attached hydrogens (primary N) is 1. The van der Waals surface area contributed by atoms with Gasteiger partial charge in [0.2, 0.25) is 0 Å². The molecule has 44 heavy (non-hydrogen) atoms. The molecule has 2 N–H and O–H groups in total. The lowest BCUT2D eigenvalue weighted by atomic mass is 10.1. The quantitative estimate of drug-likeness (QED) is 0.230. The highest BCUT2D eigenvalue weighted by atomic mass is 35.5. The Kier molecular flexibility index (Phi) is 8.80. The Labute approximate surface area is 272 Å². The van der Waals surface area contributed by atoms with Crippen LogP contribution in [0.15, 0.2) is 33.9 Å². The molecule has 0 atom stereocenters. The molecule has 7 rings (SSSR count). The van der Waals surface area contributed by atoms with Crippen LogP contribution in [-0.4, -0.2) is 31.8 Å². The summed E-state index contributed by atoms with van der Waals surface area (Å²) >= 11 is 24.7. The number of hydrogen-bond acceptors (Lipinski definition) is 4. The molecule has 0 bridgehead atoms. The van der Waals surface area contributed by atoms with Gasteiger partial charge in [0, 0.05) is 50.4 Å². The van der Waals surface area contributed by atoms with Gasteiger partial charge in [-0.2, -0.15) is 0 Å². The Morgan fingerprint density at radius 1 is 0.568 bits per heavy atom. The Balaban J connectivity index is 0.000000159. The molecule has 14 heteroatoms. The standard InChI is InChI=1S/C17H18Cl2FN3O.C13H12Cl2FN3O/c18-12-10-13(20)11(9-14(12)21-5-1-2-6-21)15-16(19)22-7-3-4-8-23(22)17(15)24;14-8-6-9(16)7(5-10(8)17)11-12(15)18-3-1-2-4-19(18)13(11)20/h9-10H,1-8H2;5-6H,1-4,17H2. The normalized spacial score (nSPS) is 16.0. The van der Waals surface area contributed by atoms with Gasteiger partial charge in [-0.15, -0.1) is 0 Å². The Bertz CT molecular complexity index is 1870. The summed E-state index contributed by atoms with van der Waals surface area (Å²) in [5.41, 5.74) is 6.88. The van der Waals surface area contributed by atoms with Gasteiger partial charge in [-0.1, -0.05) is 46.4 Å². The van der Waals surface area contributed by atoms with Crippen LogP contribution in [0.3, 0.4) is 0 Å². The largest absolute Gasteiger partial charge is 0.398 e. The van der Waals surface area contributed by atoms with Crippen molar-refractivity contribution in [3.63, 3.8) is 0 Å². The second-order valence-electron chi connectivity index (χ2n) is 11.2. The molecular formula is C30H30Cl4F2N6O2. The molecule has 8 nitrogen and oxygen atoms in total. The number of nitrogen functional groups attached to an aromatic ring is 1. The van der Waals surface area contributed by atoms with Crippen LogP contribution in [0.4, 0.5) is 20.2 Å². The van der Waals surface area contributed by atoms with E-state index in [1.54, 1.807) is 24.8 Å². The van der Waals surface area contributed by atoms with Gasteiger partial charge in [-0.05, 0) is 62.8 Å². The zero-order chi connectivity index (χ0) is 31.3. The van der Waals surface area contributed by atoms with Crippen LogP contribution in [0.2, 0.25) is 20.4 Å². The van der Waals surface area contributed by atoms with Crippen molar-refractivity contribution in [2.45, 2.75) is 64.7 Å². The van der Waals surface area contributed by atoms with Gasteiger partial charge < -0.3 is 10.6 Å². The summed E-state index contributed by atoms with van der Waals surface area (Å²) in [5.74, 6) is -1.11. The van der Waals surface area contributed by atoms with E-state index in [4.69, 9.17) is 52.1 Å². The number of anilines is 2. The van der Waals surface area contributed by atoms with Crippen LogP contribution in [0.25, 0.3) is 22.3 Å². The van der Waals surface area contributed by atoms with Gasteiger partial charge in [0.15, 0.2) is 0 Å². The van der Waals surface area contributed by atoms with E-state index in [-0.39, 0.29) is 49.2 Å². The average Bonchev–Trinajstić information content (AvgIpc) is 3.69. The zero-order valence-electron chi connectivity index (χ0n) is 23.7. The third-order valence-corrected chi connectivity index (χ3v) is 9.83. The van der Waals surface area contributed by atoms with Crippen molar-refractivity contribution in [1.82, 2.24) is 18.7 Å². The van der Waals surface area contributed by atoms with Crippen molar-refractivity contribution in [2.24, 2.45) is 0 Å². The van der Waals surface area contributed by atoms with Crippen molar-refractivity contribution >= 4 is 57.8 Å². The topological polar surface area (TPSA) is 83.1 Å². The average molecular weight is 686 g/mol. The zero-order valence-corrected chi connectivity index (χ0v) is 26.7. The number of aromatic nitrogens is 4. The molecule has 4 aromatic rings. The van der Waals surface area contributed by atoms with Crippen molar-refractivity contribution in [2.75, 3.05) is 23.7 Å². The second-order valence-corrected chi connectivity index (χ2v) is 12.7. The first-order chi connectivity index (χ1) is 21.1.